The van der Waals surface area contributed by atoms with E-state index in [2.05, 4.69) is 0 Å². The van der Waals surface area contributed by atoms with E-state index in [1.165, 1.54) is 0 Å². The third-order valence-corrected chi connectivity index (χ3v) is 3.75. The molecule has 122 valence electrons. The molecule has 0 radical (unpaired) electrons. The van der Waals surface area contributed by atoms with Crippen LogP contribution in [0.3, 0.4) is 0 Å². The highest BCUT2D eigenvalue weighted by molar-refractivity contribution is 5.87. The lowest BCUT2D eigenvalue weighted by molar-refractivity contribution is -0.134. The van der Waals surface area contributed by atoms with Crippen molar-refractivity contribution in [3.05, 3.63) is 76.1 Å². The number of benzene rings is 2. The Morgan fingerprint density at radius 1 is 1.04 bits per heavy atom. The van der Waals surface area contributed by atoms with E-state index < -0.39 is 5.63 Å². The van der Waals surface area contributed by atoms with Gasteiger partial charge in [0, 0.05) is 12.8 Å². The maximum Gasteiger partial charge on any atom is 0.343 e. The van der Waals surface area contributed by atoms with Gasteiger partial charge in [0.2, 0.25) is 0 Å². The third kappa shape index (κ3) is 3.38. The third-order valence-electron chi connectivity index (χ3n) is 3.75. The molecule has 4 nitrogen and oxygen atoms in total. The molecule has 0 saturated heterocycles. The fourth-order valence-electron chi connectivity index (χ4n) is 2.60. The van der Waals surface area contributed by atoms with Crippen LogP contribution in [0.1, 0.15) is 30.9 Å². The fraction of sp³-hybridized carbons (Fsp3) is 0.200. The van der Waals surface area contributed by atoms with Crippen molar-refractivity contribution >= 4 is 16.9 Å². The number of hydrogen-bond donors (Lipinski definition) is 0. The molecule has 0 atom stereocenters. The number of esters is 1. The lowest BCUT2D eigenvalue weighted by Crippen LogP contribution is -2.15. The summed E-state index contributed by atoms with van der Waals surface area (Å²) in [4.78, 5) is 24.5. The van der Waals surface area contributed by atoms with Crippen molar-refractivity contribution in [2.45, 2.75) is 26.2 Å². The maximum absolute atomic E-state index is 12.4. The maximum atomic E-state index is 12.4. The summed E-state index contributed by atoms with van der Waals surface area (Å²) in [6.45, 7) is 1.91. The second-order valence-electron chi connectivity index (χ2n) is 5.58. The molecule has 3 rings (SSSR count). The largest absolute Gasteiger partial charge is 0.425 e. The zero-order chi connectivity index (χ0) is 16.9. The van der Waals surface area contributed by atoms with Crippen molar-refractivity contribution in [3.63, 3.8) is 0 Å². The molecule has 0 unspecified atom stereocenters. The molecule has 0 fully saturated rings. The lowest BCUT2D eigenvalue weighted by atomic mass is 10.0. The van der Waals surface area contributed by atoms with Crippen LogP contribution < -0.4 is 10.4 Å². The minimum atomic E-state index is -0.475. The average Bonchev–Trinajstić information content (AvgIpc) is 2.59. The summed E-state index contributed by atoms with van der Waals surface area (Å²) in [5, 5.41) is 0.632. The number of para-hydroxylation sites is 1. The van der Waals surface area contributed by atoms with Gasteiger partial charge in [0.25, 0.3) is 0 Å². The van der Waals surface area contributed by atoms with Crippen LogP contribution in [0.4, 0.5) is 0 Å². The Morgan fingerprint density at radius 2 is 1.75 bits per heavy atom. The van der Waals surface area contributed by atoms with Gasteiger partial charge in [-0.05, 0) is 24.1 Å². The number of carbonyl (C=O) groups excluding carboxylic acids is 1. The molecule has 1 heterocycles. The molecule has 3 aromatic rings. The predicted octanol–water partition coefficient (Wildman–Crippen LogP) is 4.09. The topological polar surface area (TPSA) is 56.5 Å². The normalized spacial score (nSPS) is 10.7. The van der Waals surface area contributed by atoms with E-state index in [4.69, 9.17) is 9.15 Å². The Kier molecular flexibility index (Phi) is 4.75. The highest BCUT2D eigenvalue weighted by atomic mass is 16.5. The van der Waals surface area contributed by atoms with Crippen molar-refractivity contribution in [2.75, 3.05) is 0 Å². The van der Waals surface area contributed by atoms with Crippen molar-refractivity contribution in [1.82, 2.24) is 0 Å². The van der Waals surface area contributed by atoms with E-state index in [-0.39, 0.29) is 5.97 Å². The molecule has 0 bridgehead atoms. The summed E-state index contributed by atoms with van der Waals surface area (Å²) in [6.07, 6.45) is 1.34. The zero-order valence-corrected chi connectivity index (χ0v) is 13.5. The Hall–Kier alpha value is -2.88. The smallest absolute Gasteiger partial charge is 0.343 e. The molecule has 0 spiro atoms. The lowest BCUT2D eigenvalue weighted by Gasteiger charge is -2.11. The SMILES string of the molecule is CCCC(=O)Oc1c(Cc2ccccc2)c(=O)oc2ccccc12. The second-order valence-corrected chi connectivity index (χ2v) is 5.58. The van der Waals surface area contributed by atoms with E-state index in [0.29, 0.717) is 41.5 Å². The minimum Gasteiger partial charge on any atom is -0.425 e. The molecule has 0 saturated carbocycles. The number of ether oxygens (including phenoxy) is 1. The van der Waals surface area contributed by atoms with Gasteiger partial charge in [-0.2, -0.15) is 0 Å². The first-order valence-electron chi connectivity index (χ1n) is 7.98. The Morgan fingerprint density at radius 3 is 2.50 bits per heavy atom. The molecular weight excluding hydrogens is 304 g/mol. The molecule has 2 aromatic carbocycles. The molecule has 0 amide bonds. The van der Waals surface area contributed by atoms with Crippen LogP contribution in [0, 0.1) is 0 Å². The number of hydrogen-bond acceptors (Lipinski definition) is 4. The van der Waals surface area contributed by atoms with E-state index in [9.17, 15) is 9.59 Å². The van der Waals surface area contributed by atoms with Gasteiger partial charge in [0.05, 0.1) is 10.9 Å². The first-order valence-corrected chi connectivity index (χ1v) is 7.98. The van der Waals surface area contributed by atoms with Gasteiger partial charge in [-0.3, -0.25) is 4.79 Å². The van der Waals surface area contributed by atoms with E-state index in [1.807, 2.05) is 43.3 Å². The summed E-state index contributed by atoms with van der Waals surface area (Å²) < 4.78 is 11.0. The summed E-state index contributed by atoms with van der Waals surface area (Å²) in [7, 11) is 0. The number of rotatable bonds is 5. The molecule has 0 aliphatic rings. The van der Waals surface area contributed by atoms with Gasteiger partial charge < -0.3 is 9.15 Å². The van der Waals surface area contributed by atoms with Crippen molar-refractivity contribution in [3.8, 4) is 5.75 Å². The van der Waals surface area contributed by atoms with Crippen LogP contribution in [-0.4, -0.2) is 5.97 Å². The van der Waals surface area contributed by atoms with Crippen molar-refractivity contribution < 1.29 is 13.9 Å². The van der Waals surface area contributed by atoms with Crippen LogP contribution in [-0.2, 0) is 11.2 Å². The molecule has 0 N–H and O–H groups in total. The van der Waals surface area contributed by atoms with Crippen LogP contribution in [0.2, 0.25) is 0 Å². The minimum absolute atomic E-state index is 0.305. The highest BCUT2D eigenvalue weighted by Crippen LogP contribution is 2.29. The predicted molar refractivity (Wildman–Crippen MR) is 92.3 cm³/mol. The van der Waals surface area contributed by atoms with E-state index >= 15 is 0 Å². The van der Waals surface area contributed by atoms with E-state index in [0.717, 1.165) is 5.56 Å². The van der Waals surface area contributed by atoms with Gasteiger partial charge in [-0.1, -0.05) is 49.4 Å². The van der Waals surface area contributed by atoms with Crippen molar-refractivity contribution in [1.29, 1.82) is 0 Å². The van der Waals surface area contributed by atoms with Gasteiger partial charge in [0.15, 0.2) is 5.75 Å². The zero-order valence-electron chi connectivity index (χ0n) is 13.5. The molecular formula is C20H18O4. The first-order chi connectivity index (χ1) is 11.7. The summed E-state index contributed by atoms with van der Waals surface area (Å²) in [5.74, 6) is -0.0354. The van der Waals surface area contributed by atoms with Crippen LogP contribution >= 0.6 is 0 Å². The second kappa shape index (κ2) is 7.13. The summed E-state index contributed by atoms with van der Waals surface area (Å²) in [6, 6.07) is 16.7. The fourth-order valence-corrected chi connectivity index (χ4v) is 2.60. The van der Waals surface area contributed by atoms with Gasteiger partial charge >= 0.3 is 11.6 Å². The Labute approximate surface area is 139 Å². The van der Waals surface area contributed by atoms with Gasteiger partial charge in [-0.15, -0.1) is 0 Å². The Bertz CT molecular complexity index is 910. The quantitative estimate of drug-likeness (QED) is 0.524. The molecule has 4 heteroatoms. The average molecular weight is 322 g/mol. The van der Waals surface area contributed by atoms with Crippen molar-refractivity contribution in [2.24, 2.45) is 0 Å². The molecule has 1 aromatic heterocycles. The Balaban J connectivity index is 2.13. The van der Waals surface area contributed by atoms with E-state index in [1.54, 1.807) is 18.2 Å². The summed E-state index contributed by atoms with van der Waals surface area (Å²) in [5.41, 5.74) is 1.26. The molecule has 0 aliphatic heterocycles. The monoisotopic (exact) mass is 322 g/mol. The van der Waals surface area contributed by atoms with Gasteiger partial charge in [0.1, 0.15) is 5.58 Å². The number of carbonyl (C=O) groups is 1. The standard InChI is InChI=1S/C20H18O4/c1-2-8-18(21)24-19-15-11-6-7-12-17(15)23-20(22)16(19)13-14-9-4-3-5-10-14/h3-7,9-12H,2,8,13H2,1H3. The first kappa shape index (κ1) is 16.0. The highest BCUT2D eigenvalue weighted by Gasteiger charge is 2.18. The summed E-state index contributed by atoms with van der Waals surface area (Å²) >= 11 is 0. The molecule has 24 heavy (non-hydrogen) atoms. The van der Waals surface area contributed by atoms with Gasteiger partial charge in [-0.25, -0.2) is 4.79 Å². The molecule has 0 aliphatic carbocycles. The van der Waals surface area contributed by atoms with Crippen LogP contribution in [0.5, 0.6) is 5.75 Å². The number of fused-ring (bicyclic) bond motifs is 1. The van der Waals surface area contributed by atoms with Crippen LogP contribution in [0.25, 0.3) is 11.0 Å². The van der Waals surface area contributed by atoms with Crippen LogP contribution in [0.15, 0.2) is 63.8 Å².